The molecule has 1 aromatic heterocycles. The number of hydrogen-bond donors (Lipinski definition) is 3. The van der Waals surface area contributed by atoms with Crippen LogP contribution < -0.4 is 16.0 Å². The molecule has 1 amide bonds. The number of carbonyl (C=O) groups excluding carboxylic acids is 1. The Hall–Kier alpha value is -1.69. The molecule has 2 rings (SSSR count). The smallest absolute Gasteiger partial charge is 0.271 e. The van der Waals surface area contributed by atoms with Gasteiger partial charge in [0.25, 0.3) is 5.91 Å². The van der Waals surface area contributed by atoms with E-state index in [1.54, 1.807) is 19.2 Å². The van der Waals surface area contributed by atoms with Crippen LogP contribution in [0.1, 0.15) is 30.3 Å². The first kappa shape index (κ1) is 13.7. The molecule has 1 saturated heterocycles. The Kier molecular flexibility index (Phi) is 4.31. The van der Waals surface area contributed by atoms with Gasteiger partial charge in [0, 0.05) is 13.6 Å². The van der Waals surface area contributed by atoms with E-state index in [-0.39, 0.29) is 5.91 Å². The monoisotopic (exact) mass is 263 g/mol. The fraction of sp³-hybridized carbons (Fsp3) is 0.615. The van der Waals surface area contributed by atoms with Gasteiger partial charge in [-0.3, -0.25) is 4.79 Å². The lowest BCUT2D eigenvalue weighted by Crippen LogP contribution is -2.39. The van der Waals surface area contributed by atoms with Crippen molar-refractivity contribution >= 4 is 11.7 Å². The number of rotatable bonds is 4. The van der Waals surface area contributed by atoms with Crippen LogP contribution in [0, 0.1) is 5.41 Å². The van der Waals surface area contributed by atoms with Crippen molar-refractivity contribution in [2.75, 3.05) is 32.0 Å². The van der Waals surface area contributed by atoms with Crippen molar-refractivity contribution in [1.29, 1.82) is 0 Å². The van der Waals surface area contributed by atoms with E-state index in [4.69, 9.17) is 0 Å². The third kappa shape index (κ3) is 3.64. The van der Waals surface area contributed by atoms with Crippen molar-refractivity contribution in [2.45, 2.75) is 19.8 Å². The van der Waals surface area contributed by atoms with Crippen LogP contribution in [-0.2, 0) is 0 Å². The minimum absolute atomic E-state index is 0.218. The van der Waals surface area contributed by atoms with Crippen LogP contribution >= 0.6 is 0 Å². The molecule has 0 aliphatic carbocycles. The predicted octanol–water partition coefficient (Wildman–Crippen LogP) is 0.638. The molecular weight excluding hydrogens is 242 g/mol. The summed E-state index contributed by atoms with van der Waals surface area (Å²) in [6.45, 7) is 5.30. The summed E-state index contributed by atoms with van der Waals surface area (Å²) in [5.41, 5.74) is 0.632. The van der Waals surface area contributed by atoms with Gasteiger partial charge in [-0.2, -0.15) is 0 Å². The highest BCUT2D eigenvalue weighted by atomic mass is 16.1. The van der Waals surface area contributed by atoms with E-state index in [0.717, 1.165) is 32.5 Å². The molecular formula is C13H21N5O. The lowest BCUT2D eigenvalue weighted by molar-refractivity contribution is 0.0957. The molecule has 6 heteroatoms. The minimum atomic E-state index is -0.218. The number of aromatic nitrogens is 2. The summed E-state index contributed by atoms with van der Waals surface area (Å²) < 4.78 is 0. The van der Waals surface area contributed by atoms with E-state index in [1.807, 2.05) is 0 Å². The molecule has 2 heterocycles. The Morgan fingerprint density at radius 2 is 2.11 bits per heavy atom. The molecule has 0 unspecified atom stereocenters. The number of anilines is 1. The highest BCUT2D eigenvalue weighted by molar-refractivity contribution is 5.91. The highest BCUT2D eigenvalue weighted by Crippen LogP contribution is 2.27. The Labute approximate surface area is 113 Å². The van der Waals surface area contributed by atoms with E-state index in [2.05, 4.69) is 33.1 Å². The average Bonchev–Trinajstić information content (AvgIpc) is 2.46. The second-order valence-corrected chi connectivity index (χ2v) is 5.30. The second kappa shape index (κ2) is 5.97. The molecule has 0 bridgehead atoms. The van der Waals surface area contributed by atoms with E-state index in [9.17, 15) is 4.79 Å². The molecule has 1 aromatic rings. The molecule has 1 fully saturated rings. The third-order valence-corrected chi connectivity index (χ3v) is 3.63. The zero-order chi connectivity index (χ0) is 13.7. The summed E-state index contributed by atoms with van der Waals surface area (Å²) in [5.74, 6) is 0.497. The van der Waals surface area contributed by atoms with Crippen LogP contribution in [-0.4, -0.2) is 42.8 Å². The van der Waals surface area contributed by atoms with Crippen LogP contribution in [0.5, 0.6) is 0 Å². The molecule has 0 atom stereocenters. The maximum absolute atomic E-state index is 11.3. The molecule has 1 aliphatic heterocycles. The van der Waals surface area contributed by atoms with Gasteiger partial charge in [-0.25, -0.2) is 0 Å². The number of hydrogen-bond acceptors (Lipinski definition) is 5. The van der Waals surface area contributed by atoms with Crippen molar-refractivity contribution in [1.82, 2.24) is 20.8 Å². The van der Waals surface area contributed by atoms with E-state index in [0.29, 0.717) is 16.9 Å². The SMILES string of the molecule is CNC(=O)c1ccc(NCC2(C)CCNCC2)nn1. The fourth-order valence-corrected chi connectivity index (χ4v) is 2.19. The van der Waals surface area contributed by atoms with E-state index in [1.165, 1.54) is 0 Å². The van der Waals surface area contributed by atoms with Crippen LogP contribution in [0.15, 0.2) is 12.1 Å². The van der Waals surface area contributed by atoms with E-state index < -0.39 is 0 Å². The quantitative estimate of drug-likeness (QED) is 0.743. The van der Waals surface area contributed by atoms with Gasteiger partial charge in [0.2, 0.25) is 0 Å². The summed E-state index contributed by atoms with van der Waals surface area (Å²) in [4.78, 5) is 11.3. The Morgan fingerprint density at radius 3 is 2.68 bits per heavy atom. The second-order valence-electron chi connectivity index (χ2n) is 5.30. The maximum Gasteiger partial charge on any atom is 0.271 e. The van der Waals surface area contributed by atoms with Crippen molar-refractivity contribution < 1.29 is 4.79 Å². The van der Waals surface area contributed by atoms with Gasteiger partial charge in [-0.1, -0.05) is 6.92 Å². The maximum atomic E-state index is 11.3. The Balaban J connectivity index is 1.91. The van der Waals surface area contributed by atoms with Gasteiger partial charge in [-0.15, -0.1) is 10.2 Å². The number of nitrogens with zero attached hydrogens (tertiary/aromatic N) is 2. The average molecular weight is 263 g/mol. The Bertz CT molecular complexity index is 425. The fourth-order valence-electron chi connectivity index (χ4n) is 2.19. The van der Waals surface area contributed by atoms with Crippen LogP contribution in [0.2, 0.25) is 0 Å². The summed E-state index contributed by atoms with van der Waals surface area (Å²) in [7, 11) is 1.58. The Morgan fingerprint density at radius 1 is 1.37 bits per heavy atom. The molecule has 0 saturated carbocycles. The largest absolute Gasteiger partial charge is 0.368 e. The van der Waals surface area contributed by atoms with Gasteiger partial charge in [0.05, 0.1) is 0 Å². The predicted molar refractivity (Wildman–Crippen MR) is 74.1 cm³/mol. The van der Waals surface area contributed by atoms with Crippen LogP contribution in [0.25, 0.3) is 0 Å². The third-order valence-electron chi connectivity index (χ3n) is 3.63. The van der Waals surface area contributed by atoms with Crippen LogP contribution in [0.4, 0.5) is 5.82 Å². The molecule has 1 aliphatic rings. The molecule has 0 radical (unpaired) electrons. The number of nitrogens with one attached hydrogen (secondary N) is 3. The van der Waals surface area contributed by atoms with Gasteiger partial charge in [-0.05, 0) is 43.5 Å². The summed E-state index contributed by atoms with van der Waals surface area (Å²) >= 11 is 0. The summed E-state index contributed by atoms with van der Waals surface area (Å²) in [5, 5.41) is 17.1. The number of amides is 1. The molecule has 0 aromatic carbocycles. The zero-order valence-corrected chi connectivity index (χ0v) is 11.5. The van der Waals surface area contributed by atoms with Gasteiger partial charge in [0.1, 0.15) is 5.82 Å². The topological polar surface area (TPSA) is 78.9 Å². The van der Waals surface area contributed by atoms with Crippen molar-refractivity contribution in [3.05, 3.63) is 17.8 Å². The summed E-state index contributed by atoms with van der Waals surface area (Å²) in [6.07, 6.45) is 2.31. The molecule has 0 spiro atoms. The minimum Gasteiger partial charge on any atom is -0.368 e. The summed E-state index contributed by atoms with van der Waals surface area (Å²) in [6, 6.07) is 3.47. The molecule has 6 nitrogen and oxygen atoms in total. The van der Waals surface area contributed by atoms with Gasteiger partial charge >= 0.3 is 0 Å². The van der Waals surface area contributed by atoms with E-state index >= 15 is 0 Å². The first-order chi connectivity index (χ1) is 9.13. The number of carbonyl (C=O) groups is 1. The highest BCUT2D eigenvalue weighted by Gasteiger charge is 2.26. The van der Waals surface area contributed by atoms with Crippen molar-refractivity contribution in [2.24, 2.45) is 5.41 Å². The molecule has 3 N–H and O–H groups in total. The van der Waals surface area contributed by atoms with Crippen molar-refractivity contribution in [3.63, 3.8) is 0 Å². The zero-order valence-electron chi connectivity index (χ0n) is 11.5. The molecule has 19 heavy (non-hydrogen) atoms. The normalized spacial score (nSPS) is 17.8. The van der Waals surface area contributed by atoms with Gasteiger partial charge < -0.3 is 16.0 Å². The van der Waals surface area contributed by atoms with Gasteiger partial charge in [0.15, 0.2) is 5.69 Å². The van der Waals surface area contributed by atoms with Crippen LogP contribution in [0.3, 0.4) is 0 Å². The first-order valence-electron chi connectivity index (χ1n) is 6.63. The standard InChI is InChI=1S/C13H21N5O/c1-13(5-7-15-8-6-13)9-16-11-4-3-10(17-18-11)12(19)14-2/h3-4,15H,5-9H2,1-2H3,(H,14,19)(H,16,18). The molecule has 104 valence electrons. The van der Waals surface area contributed by atoms with Crippen molar-refractivity contribution in [3.8, 4) is 0 Å². The first-order valence-corrected chi connectivity index (χ1v) is 6.63. The lowest BCUT2D eigenvalue weighted by atomic mass is 9.81. The lowest BCUT2D eigenvalue weighted by Gasteiger charge is -2.34. The number of piperidine rings is 1.